The van der Waals surface area contributed by atoms with Gasteiger partial charge in [0, 0.05) is 34.1 Å². The summed E-state index contributed by atoms with van der Waals surface area (Å²) < 4.78 is 73.9. The fourth-order valence-electron chi connectivity index (χ4n) is 7.97. The van der Waals surface area contributed by atoms with Crippen molar-refractivity contribution < 1.29 is 86.2 Å². The molecule has 3 heterocycles. The van der Waals surface area contributed by atoms with Gasteiger partial charge < -0.3 is 67.1 Å². The summed E-state index contributed by atoms with van der Waals surface area (Å²) in [6.07, 6.45) is -17.5. The molecule has 3 aliphatic heterocycles. The summed E-state index contributed by atoms with van der Waals surface area (Å²) >= 11 is 0. The summed E-state index contributed by atoms with van der Waals surface area (Å²) in [5.74, 6) is -3.20. The van der Waals surface area contributed by atoms with Crippen molar-refractivity contribution in [3.8, 4) is 0 Å². The maximum Gasteiger partial charge on any atom is 0.303 e. The molecule has 0 amide bonds. The van der Waals surface area contributed by atoms with Crippen molar-refractivity contribution in [2.45, 2.75) is 147 Å². The van der Waals surface area contributed by atoms with E-state index in [4.69, 9.17) is 56.8 Å². The molecule has 14 atom stereocenters. The molecule has 3 aliphatic rings. The first-order valence-electron chi connectivity index (χ1n) is 21.5. The van der Waals surface area contributed by atoms with Crippen molar-refractivity contribution in [2.24, 2.45) is 0 Å². The van der Waals surface area contributed by atoms with Crippen LogP contribution in [0, 0.1) is 0 Å². The second-order valence-electron chi connectivity index (χ2n) is 15.9. The van der Waals surface area contributed by atoms with Crippen molar-refractivity contribution in [1.29, 1.82) is 0 Å². The average Bonchev–Trinajstić information content (AvgIpc) is 3.27. The van der Waals surface area contributed by atoms with Crippen LogP contribution in [-0.2, 0) is 95.8 Å². The van der Waals surface area contributed by atoms with Crippen molar-refractivity contribution >= 4 is 23.9 Å². The number of hydrogen-bond acceptors (Lipinski definition) is 18. The average molecular weight is 911 g/mol. The lowest BCUT2D eigenvalue weighted by molar-refractivity contribution is -0.372. The predicted molar refractivity (Wildman–Crippen MR) is 224 cm³/mol. The van der Waals surface area contributed by atoms with Crippen LogP contribution in [0.25, 0.3) is 0 Å². The highest BCUT2D eigenvalue weighted by Crippen LogP contribution is 2.37. The Balaban J connectivity index is 1.35. The van der Waals surface area contributed by atoms with Crippen LogP contribution in [0.3, 0.4) is 0 Å². The van der Waals surface area contributed by atoms with E-state index in [1.165, 1.54) is 0 Å². The lowest BCUT2D eigenvalue weighted by Crippen LogP contribution is -2.65. The van der Waals surface area contributed by atoms with Crippen LogP contribution in [0.15, 0.2) is 91.0 Å². The summed E-state index contributed by atoms with van der Waals surface area (Å²) in [5, 5.41) is 21.7. The van der Waals surface area contributed by atoms with Crippen LogP contribution in [-0.4, -0.2) is 133 Å². The van der Waals surface area contributed by atoms with Gasteiger partial charge in [-0.05, 0) is 23.6 Å². The third kappa shape index (κ3) is 14.1. The van der Waals surface area contributed by atoms with E-state index in [1.807, 2.05) is 97.9 Å². The van der Waals surface area contributed by atoms with Gasteiger partial charge in [-0.25, -0.2) is 0 Å². The van der Waals surface area contributed by atoms with Gasteiger partial charge in [0.05, 0.1) is 38.6 Å². The number of carbonyl (C=O) groups excluding carboxylic acids is 4. The zero-order chi connectivity index (χ0) is 46.5. The van der Waals surface area contributed by atoms with Gasteiger partial charge >= 0.3 is 23.9 Å². The Hall–Kier alpha value is -4.86. The first-order valence-corrected chi connectivity index (χ1v) is 21.5. The Labute approximate surface area is 377 Å². The highest BCUT2D eigenvalue weighted by atomic mass is 16.8. The van der Waals surface area contributed by atoms with E-state index in [0.29, 0.717) is 0 Å². The molecule has 3 aromatic rings. The Kier molecular flexibility index (Phi) is 18.4. The minimum absolute atomic E-state index is 0.111. The zero-order valence-corrected chi connectivity index (χ0v) is 36.9. The highest BCUT2D eigenvalue weighted by molar-refractivity contribution is 5.68. The van der Waals surface area contributed by atoms with Crippen molar-refractivity contribution in [3.63, 3.8) is 0 Å². The van der Waals surface area contributed by atoms with Gasteiger partial charge in [0.2, 0.25) is 0 Å². The molecule has 0 saturated carbocycles. The number of benzene rings is 3. The predicted octanol–water partition coefficient (Wildman–Crippen LogP) is 3.44. The van der Waals surface area contributed by atoms with Gasteiger partial charge in [-0.1, -0.05) is 91.0 Å². The minimum atomic E-state index is -1.67. The molecule has 0 spiro atoms. The molecule has 0 aliphatic carbocycles. The maximum absolute atomic E-state index is 12.6. The van der Waals surface area contributed by atoms with E-state index in [1.54, 1.807) is 0 Å². The summed E-state index contributed by atoms with van der Waals surface area (Å²) in [5.41, 5.74) is 2.67. The standard InChI is InChI=1S/C47H58O18/c1-27-39(55-23-32-15-9-6-10-16-32)42(56-24-33-17-11-7-12-18-33)44(57-25-34-19-13-8-14-20-34)46(58-27)63-35-21-38(53)62-36(22-48)40(35)65-47-45(61-31(5)52)43(60-30(4)51)41(59-29(3)50)37(64-47)26-54-28(2)49/h6-20,27,35-48,53H,21-26H2,1-5H3/t27-,35+,36+,37+,38+,39+,40-,41-,42+,43-,44-,45+,46-,47-/m0/s1. The number of ether oxygens (including phenoxy) is 12. The molecule has 18 nitrogen and oxygen atoms in total. The lowest BCUT2D eigenvalue weighted by atomic mass is 9.96. The summed E-state index contributed by atoms with van der Waals surface area (Å²) in [6.45, 7) is 5.58. The smallest absolute Gasteiger partial charge is 0.303 e. The van der Waals surface area contributed by atoms with E-state index in [0.717, 1.165) is 44.4 Å². The van der Waals surface area contributed by atoms with Crippen LogP contribution in [0.4, 0.5) is 0 Å². The Morgan fingerprint density at radius 1 is 0.538 bits per heavy atom. The second kappa shape index (κ2) is 24.1. The Morgan fingerprint density at radius 2 is 1.02 bits per heavy atom. The normalized spacial score (nSPS) is 31.3. The quantitative estimate of drug-likeness (QED) is 0.130. The Bertz CT molecular complexity index is 1950. The molecule has 2 N–H and O–H groups in total. The SMILES string of the molecule is CC(=O)OC[C@H]1O[C@@H](O[C@H]2[C@H](O[C@@H]3O[C@@H](C)[C@@H](OCc4ccccc4)[C@@H](OCc4ccccc4)[C@@H]3OCc3ccccc3)C[C@H](O)O[C@@H]2CO)[C@H](OC(C)=O)[C@@H](OC(C)=O)[C@H]1OC(C)=O. The van der Waals surface area contributed by atoms with E-state index in [9.17, 15) is 29.4 Å². The number of carbonyl (C=O) groups is 4. The molecule has 3 fully saturated rings. The molecule has 3 saturated heterocycles. The van der Waals surface area contributed by atoms with Gasteiger partial charge in [-0.15, -0.1) is 0 Å². The monoisotopic (exact) mass is 910 g/mol. The number of rotatable bonds is 19. The molecule has 0 radical (unpaired) electrons. The van der Waals surface area contributed by atoms with E-state index in [-0.39, 0.29) is 26.2 Å². The molecular formula is C47H58O18. The fourth-order valence-corrected chi connectivity index (χ4v) is 7.97. The maximum atomic E-state index is 12.6. The van der Waals surface area contributed by atoms with Gasteiger partial charge in [0.15, 0.2) is 37.2 Å². The third-order valence-electron chi connectivity index (χ3n) is 10.8. The summed E-state index contributed by atoms with van der Waals surface area (Å²) in [4.78, 5) is 49.5. The summed E-state index contributed by atoms with van der Waals surface area (Å²) in [7, 11) is 0. The topological polar surface area (TPSA) is 219 Å². The van der Waals surface area contributed by atoms with Crippen LogP contribution in [0.2, 0.25) is 0 Å². The molecule has 0 bridgehead atoms. The largest absolute Gasteiger partial charge is 0.463 e. The van der Waals surface area contributed by atoms with Crippen LogP contribution < -0.4 is 0 Å². The molecule has 354 valence electrons. The third-order valence-corrected chi connectivity index (χ3v) is 10.8. The molecule has 65 heavy (non-hydrogen) atoms. The van der Waals surface area contributed by atoms with Crippen LogP contribution >= 0.6 is 0 Å². The first-order chi connectivity index (χ1) is 31.3. The number of aliphatic hydroxyl groups is 2. The van der Waals surface area contributed by atoms with E-state index < -0.39 is 123 Å². The molecular weight excluding hydrogens is 852 g/mol. The second-order valence-corrected chi connectivity index (χ2v) is 15.9. The van der Waals surface area contributed by atoms with Gasteiger partial charge in [0.1, 0.15) is 43.2 Å². The molecule has 3 aromatic carbocycles. The summed E-state index contributed by atoms with van der Waals surface area (Å²) in [6, 6.07) is 28.7. The number of hydrogen-bond donors (Lipinski definition) is 2. The van der Waals surface area contributed by atoms with Crippen LogP contribution in [0.5, 0.6) is 0 Å². The van der Waals surface area contributed by atoms with Crippen LogP contribution in [0.1, 0.15) is 57.7 Å². The van der Waals surface area contributed by atoms with Crippen molar-refractivity contribution in [1.82, 2.24) is 0 Å². The van der Waals surface area contributed by atoms with Crippen molar-refractivity contribution in [3.05, 3.63) is 108 Å². The lowest BCUT2D eigenvalue weighted by Gasteiger charge is -2.49. The van der Waals surface area contributed by atoms with Gasteiger partial charge in [-0.3, -0.25) is 19.2 Å². The van der Waals surface area contributed by atoms with Gasteiger partial charge in [-0.2, -0.15) is 0 Å². The van der Waals surface area contributed by atoms with E-state index >= 15 is 0 Å². The molecule has 0 unspecified atom stereocenters. The minimum Gasteiger partial charge on any atom is -0.463 e. The van der Waals surface area contributed by atoms with E-state index in [2.05, 4.69) is 0 Å². The fraction of sp³-hybridized carbons (Fsp3) is 0.532. The van der Waals surface area contributed by atoms with Crippen molar-refractivity contribution in [2.75, 3.05) is 13.2 Å². The molecule has 18 heteroatoms. The zero-order valence-electron chi connectivity index (χ0n) is 36.9. The number of esters is 4. The molecule has 0 aromatic heterocycles. The molecule has 6 rings (SSSR count). The van der Waals surface area contributed by atoms with Gasteiger partial charge in [0.25, 0.3) is 0 Å². The highest BCUT2D eigenvalue weighted by Gasteiger charge is 2.56. The number of aliphatic hydroxyl groups excluding tert-OH is 2. The Morgan fingerprint density at radius 3 is 1.52 bits per heavy atom. The first kappa shape index (κ1) is 49.6.